The Kier molecular flexibility index (Phi) is 5.57. The molecule has 0 radical (unpaired) electrons. The Hall–Kier alpha value is -0.950. The minimum atomic E-state index is -3.68. The van der Waals surface area contributed by atoms with Gasteiger partial charge in [0.15, 0.2) is 0 Å². The average molecular weight is 260 g/mol. The zero-order valence-corrected chi connectivity index (χ0v) is 10.4. The van der Waals surface area contributed by atoms with Crippen LogP contribution in [0.2, 0.25) is 0 Å². The molecular weight excluding hydrogens is 244 g/mol. The third-order valence-electron chi connectivity index (χ3n) is 2.07. The highest BCUT2D eigenvalue weighted by Gasteiger charge is 2.14. The van der Waals surface area contributed by atoms with Crippen molar-refractivity contribution in [1.29, 1.82) is 0 Å². The number of rotatable bonds is 7. The molecule has 0 bridgehead atoms. The Morgan fingerprint density at radius 2 is 1.82 bits per heavy atom. The summed E-state index contributed by atoms with van der Waals surface area (Å²) in [6, 6.07) is 6.44. The second-order valence-corrected chi connectivity index (χ2v) is 5.10. The van der Waals surface area contributed by atoms with Crippen LogP contribution in [0.25, 0.3) is 0 Å². The van der Waals surface area contributed by atoms with Crippen molar-refractivity contribution >= 4 is 10.1 Å². The number of ether oxygens (including phenoxy) is 1. The number of benzene rings is 1. The van der Waals surface area contributed by atoms with E-state index in [-0.39, 0.29) is 24.9 Å². The van der Waals surface area contributed by atoms with Crippen LogP contribution in [0.4, 0.5) is 0 Å². The number of aryl methyl sites for hydroxylation is 1. The highest BCUT2D eigenvalue weighted by Crippen LogP contribution is 2.13. The first-order valence-corrected chi connectivity index (χ1v) is 6.62. The zero-order chi connectivity index (χ0) is 12.7. The van der Waals surface area contributed by atoms with Crippen LogP contribution in [0.3, 0.4) is 0 Å². The van der Waals surface area contributed by atoms with E-state index in [0.29, 0.717) is 6.42 Å². The van der Waals surface area contributed by atoms with Gasteiger partial charge in [0.25, 0.3) is 10.1 Å². The zero-order valence-electron chi connectivity index (χ0n) is 9.63. The van der Waals surface area contributed by atoms with Gasteiger partial charge in [-0.15, -0.1) is 0 Å². The lowest BCUT2D eigenvalue weighted by Gasteiger charge is -2.05. The number of aliphatic hydroxyl groups excluding tert-OH is 1. The van der Waals surface area contributed by atoms with Gasteiger partial charge in [0.1, 0.15) is 6.79 Å². The molecule has 0 aromatic heterocycles. The number of hydrogen-bond acceptors (Lipinski definition) is 5. The van der Waals surface area contributed by atoms with Crippen molar-refractivity contribution in [2.24, 2.45) is 0 Å². The first kappa shape index (κ1) is 14.1. The fourth-order valence-electron chi connectivity index (χ4n) is 1.17. The molecule has 0 aliphatic rings. The summed E-state index contributed by atoms with van der Waals surface area (Å²) in [5.41, 5.74) is 0.986. The second-order valence-electron chi connectivity index (χ2n) is 3.48. The largest absolute Gasteiger partial charge is 0.371 e. The van der Waals surface area contributed by atoms with Gasteiger partial charge >= 0.3 is 0 Å². The summed E-state index contributed by atoms with van der Waals surface area (Å²) in [5, 5.41) is 8.35. The summed E-state index contributed by atoms with van der Waals surface area (Å²) < 4.78 is 32.8. The van der Waals surface area contributed by atoms with E-state index in [4.69, 9.17) is 9.29 Å². The highest BCUT2D eigenvalue weighted by atomic mass is 32.2. The Morgan fingerprint density at radius 3 is 2.41 bits per heavy atom. The molecule has 0 atom stereocenters. The van der Waals surface area contributed by atoms with Gasteiger partial charge in [-0.05, 0) is 25.5 Å². The van der Waals surface area contributed by atoms with Crippen molar-refractivity contribution in [1.82, 2.24) is 0 Å². The van der Waals surface area contributed by atoms with Gasteiger partial charge in [0.05, 0.1) is 18.1 Å². The van der Waals surface area contributed by atoms with Crippen LogP contribution in [0.15, 0.2) is 29.2 Å². The van der Waals surface area contributed by atoms with E-state index in [0.717, 1.165) is 5.56 Å². The Balaban J connectivity index is 2.48. The van der Waals surface area contributed by atoms with Gasteiger partial charge in [-0.1, -0.05) is 17.7 Å². The maximum atomic E-state index is 11.7. The molecule has 0 unspecified atom stereocenters. The minimum absolute atomic E-state index is 0.0379. The molecule has 0 saturated carbocycles. The summed E-state index contributed by atoms with van der Waals surface area (Å²) >= 11 is 0. The first-order valence-electron chi connectivity index (χ1n) is 5.21. The van der Waals surface area contributed by atoms with Gasteiger partial charge in [-0.3, -0.25) is 4.18 Å². The molecule has 5 nitrogen and oxygen atoms in total. The predicted octanol–water partition coefficient (Wildman–Crippen LogP) is 1.06. The van der Waals surface area contributed by atoms with E-state index >= 15 is 0 Å². The summed E-state index contributed by atoms with van der Waals surface area (Å²) in [6.45, 7) is 1.81. The molecule has 1 aromatic carbocycles. The molecule has 1 rings (SSSR count). The first-order chi connectivity index (χ1) is 8.06. The maximum Gasteiger partial charge on any atom is 0.296 e. The van der Waals surface area contributed by atoms with E-state index in [1.807, 2.05) is 6.92 Å². The molecule has 6 heteroatoms. The van der Waals surface area contributed by atoms with Gasteiger partial charge in [0.2, 0.25) is 0 Å². The second kappa shape index (κ2) is 6.70. The van der Waals surface area contributed by atoms with Crippen molar-refractivity contribution in [2.75, 3.05) is 20.0 Å². The van der Waals surface area contributed by atoms with Gasteiger partial charge in [-0.2, -0.15) is 8.42 Å². The third-order valence-corrected chi connectivity index (χ3v) is 3.40. The Bertz CT molecular complexity index is 424. The number of aliphatic hydroxyl groups is 1. The van der Waals surface area contributed by atoms with E-state index in [1.54, 1.807) is 12.1 Å². The van der Waals surface area contributed by atoms with Crippen molar-refractivity contribution in [3.8, 4) is 0 Å². The molecule has 1 aromatic rings. The molecule has 17 heavy (non-hydrogen) atoms. The van der Waals surface area contributed by atoms with E-state index in [1.165, 1.54) is 12.1 Å². The van der Waals surface area contributed by atoms with Gasteiger partial charge in [0, 0.05) is 0 Å². The van der Waals surface area contributed by atoms with Crippen LogP contribution < -0.4 is 0 Å². The fourth-order valence-corrected chi connectivity index (χ4v) is 2.11. The lowest BCUT2D eigenvalue weighted by atomic mass is 10.2. The fraction of sp³-hybridized carbons (Fsp3) is 0.455. The molecule has 0 saturated heterocycles. The SMILES string of the molecule is Cc1ccc(S(=O)(=O)OCCCOCO)cc1. The van der Waals surface area contributed by atoms with Crippen molar-refractivity contribution in [2.45, 2.75) is 18.2 Å². The Morgan fingerprint density at radius 1 is 1.18 bits per heavy atom. The molecule has 0 spiro atoms. The lowest BCUT2D eigenvalue weighted by molar-refractivity contribution is -0.00508. The van der Waals surface area contributed by atoms with E-state index in [2.05, 4.69) is 4.74 Å². The quantitative estimate of drug-likeness (QED) is 0.451. The number of hydrogen-bond donors (Lipinski definition) is 1. The van der Waals surface area contributed by atoms with Crippen LogP contribution >= 0.6 is 0 Å². The summed E-state index contributed by atoms with van der Waals surface area (Å²) in [7, 11) is -3.68. The van der Waals surface area contributed by atoms with Gasteiger partial charge in [-0.25, -0.2) is 0 Å². The molecule has 0 aliphatic heterocycles. The lowest BCUT2D eigenvalue weighted by Crippen LogP contribution is -2.09. The van der Waals surface area contributed by atoms with Crippen molar-refractivity contribution in [3.05, 3.63) is 29.8 Å². The van der Waals surface area contributed by atoms with E-state index < -0.39 is 10.1 Å². The summed E-state index contributed by atoms with van der Waals surface area (Å²) in [4.78, 5) is 0.145. The topological polar surface area (TPSA) is 72.8 Å². The molecule has 1 N–H and O–H groups in total. The van der Waals surface area contributed by atoms with Crippen molar-refractivity contribution in [3.63, 3.8) is 0 Å². The summed E-state index contributed by atoms with van der Waals surface area (Å²) in [6.07, 6.45) is 0.408. The smallest absolute Gasteiger partial charge is 0.296 e. The summed E-state index contributed by atoms with van der Waals surface area (Å²) in [5.74, 6) is 0. The van der Waals surface area contributed by atoms with Crippen LogP contribution in [0.5, 0.6) is 0 Å². The molecule has 96 valence electrons. The monoisotopic (exact) mass is 260 g/mol. The predicted molar refractivity (Wildman–Crippen MR) is 62.0 cm³/mol. The van der Waals surface area contributed by atoms with E-state index in [9.17, 15) is 8.42 Å². The standard InChI is InChI=1S/C11H16O5S/c1-10-3-5-11(6-4-10)17(13,14)16-8-2-7-15-9-12/h3-6,12H,2,7-9H2,1H3. The average Bonchev–Trinajstić information content (AvgIpc) is 2.29. The van der Waals surface area contributed by atoms with Crippen LogP contribution in [-0.4, -0.2) is 33.5 Å². The van der Waals surface area contributed by atoms with Crippen LogP contribution in [0, 0.1) is 6.92 Å². The van der Waals surface area contributed by atoms with Crippen molar-refractivity contribution < 1.29 is 22.4 Å². The molecular formula is C11H16O5S. The minimum Gasteiger partial charge on any atom is -0.371 e. The highest BCUT2D eigenvalue weighted by molar-refractivity contribution is 7.86. The molecule has 0 aliphatic carbocycles. The molecule has 0 heterocycles. The van der Waals surface area contributed by atoms with Crippen LogP contribution in [-0.2, 0) is 19.0 Å². The normalized spacial score (nSPS) is 11.6. The third kappa shape index (κ3) is 4.82. The Labute approximate surface area is 101 Å². The molecule has 0 fully saturated rings. The maximum absolute atomic E-state index is 11.7. The van der Waals surface area contributed by atoms with Gasteiger partial charge < -0.3 is 9.84 Å². The molecule has 0 amide bonds. The van der Waals surface area contributed by atoms with Crippen LogP contribution in [0.1, 0.15) is 12.0 Å².